The lowest BCUT2D eigenvalue weighted by atomic mass is 9.84. The van der Waals surface area contributed by atoms with E-state index in [9.17, 15) is 14.4 Å². The van der Waals surface area contributed by atoms with E-state index in [1.165, 1.54) is 6.92 Å². The summed E-state index contributed by atoms with van der Waals surface area (Å²) >= 11 is 0. The number of amides is 1. The van der Waals surface area contributed by atoms with Crippen LogP contribution in [0.4, 0.5) is 5.69 Å². The number of hydrogen-bond donors (Lipinski definition) is 1. The van der Waals surface area contributed by atoms with E-state index in [0.29, 0.717) is 22.7 Å². The minimum atomic E-state index is -0.508. The summed E-state index contributed by atoms with van der Waals surface area (Å²) in [5, 5.41) is 3.43. The second-order valence-electron chi connectivity index (χ2n) is 8.04. The molecule has 0 saturated heterocycles. The fourth-order valence-electron chi connectivity index (χ4n) is 3.98. The molecule has 1 aromatic heterocycles. The zero-order valence-electron chi connectivity index (χ0n) is 17.6. The van der Waals surface area contributed by atoms with Crippen molar-refractivity contribution < 1.29 is 19.1 Å². The zero-order chi connectivity index (χ0) is 22.0. The van der Waals surface area contributed by atoms with Crippen LogP contribution in [0.15, 0.2) is 48.5 Å². The lowest BCUT2D eigenvalue weighted by molar-refractivity contribution is -0.119. The molecular formula is C25H24N2O4. The summed E-state index contributed by atoms with van der Waals surface area (Å²) in [7, 11) is 0. The Kier molecular flexibility index (Phi) is 5.80. The van der Waals surface area contributed by atoms with Crippen molar-refractivity contribution in [2.75, 3.05) is 11.9 Å². The van der Waals surface area contributed by atoms with Gasteiger partial charge >= 0.3 is 5.97 Å². The van der Waals surface area contributed by atoms with Gasteiger partial charge in [0.2, 0.25) is 0 Å². The highest BCUT2D eigenvalue weighted by atomic mass is 16.5. The van der Waals surface area contributed by atoms with Crippen molar-refractivity contribution >= 4 is 34.3 Å². The molecule has 0 spiro atoms. The molecule has 1 N–H and O–H groups in total. The monoisotopic (exact) mass is 416 g/mol. The van der Waals surface area contributed by atoms with Crippen LogP contribution in [-0.4, -0.2) is 29.3 Å². The summed E-state index contributed by atoms with van der Waals surface area (Å²) in [6, 6.07) is 14.1. The maximum absolute atomic E-state index is 13.0. The number of nitrogens with one attached hydrogen (secondary N) is 1. The molecule has 31 heavy (non-hydrogen) atoms. The smallest absolute Gasteiger partial charge is 0.339 e. The Morgan fingerprint density at radius 3 is 2.58 bits per heavy atom. The number of fused-ring (bicyclic) bond motifs is 2. The summed E-state index contributed by atoms with van der Waals surface area (Å²) in [5.41, 5.74) is 4.25. The number of benzene rings is 2. The first-order chi connectivity index (χ1) is 14.9. The van der Waals surface area contributed by atoms with Crippen LogP contribution in [0.3, 0.4) is 0 Å². The molecule has 158 valence electrons. The highest BCUT2D eigenvalue weighted by molar-refractivity contribution is 6.06. The number of carbonyl (C=O) groups is 3. The lowest BCUT2D eigenvalue weighted by Crippen LogP contribution is -2.23. The molecular weight excluding hydrogens is 392 g/mol. The summed E-state index contributed by atoms with van der Waals surface area (Å²) in [4.78, 5) is 41.5. The van der Waals surface area contributed by atoms with Crippen molar-refractivity contribution in [2.24, 2.45) is 5.92 Å². The summed E-state index contributed by atoms with van der Waals surface area (Å²) in [6.45, 7) is 3.25. The number of pyridine rings is 1. The molecule has 0 radical (unpaired) electrons. The first kappa shape index (κ1) is 20.7. The fourth-order valence-corrected chi connectivity index (χ4v) is 3.98. The quantitative estimate of drug-likeness (QED) is 0.493. The van der Waals surface area contributed by atoms with E-state index in [1.807, 2.05) is 24.3 Å². The van der Waals surface area contributed by atoms with Crippen molar-refractivity contribution in [1.29, 1.82) is 0 Å². The molecule has 0 fully saturated rings. The molecule has 6 heteroatoms. The number of nitrogens with zero attached hydrogens (tertiary/aromatic N) is 1. The van der Waals surface area contributed by atoms with E-state index >= 15 is 0 Å². The first-order valence-corrected chi connectivity index (χ1v) is 10.4. The zero-order valence-corrected chi connectivity index (χ0v) is 17.6. The van der Waals surface area contributed by atoms with Crippen LogP contribution in [0.25, 0.3) is 10.9 Å². The van der Waals surface area contributed by atoms with Gasteiger partial charge in [-0.1, -0.05) is 25.1 Å². The molecule has 1 atom stereocenters. The molecule has 0 bridgehead atoms. The second kappa shape index (κ2) is 8.68. The number of carbonyl (C=O) groups excluding carboxylic acids is 3. The Labute approximate surface area is 180 Å². The van der Waals surface area contributed by atoms with Gasteiger partial charge in [0.05, 0.1) is 11.1 Å². The highest BCUT2D eigenvalue weighted by Crippen LogP contribution is 2.32. The number of Topliss-reactive ketones (excluding diaryl/α,β-unsaturated/α-hetero) is 1. The molecule has 1 aliphatic rings. The number of esters is 1. The fraction of sp³-hybridized carbons (Fsp3) is 0.280. The largest absolute Gasteiger partial charge is 0.452 e. The predicted octanol–water partition coefficient (Wildman–Crippen LogP) is 4.36. The van der Waals surface area contributed by atoms with E-state index in [-0.39, 0.29) is 5.78 Å². The molecule has 0 saturated carbocycles. The van der Waals surface area contributed by atoms with Gasteiger partial charge in [-0.2, -0.15) is 0 Å². The van der Waals surface area contributed by atoms with Gasteiger partial charge < -0.3 is 10.1 Å². The van der Waals surface area contributed by atoms with Crippen molar-refractivity contribution in [3.8, 4) is 0 Å². The summed E-state index contributed by atoms with van der Waals surface area (Å²) in [6.07, 6.45) is 2.64. The Morgan fingerprint density at radius 2 is 1.84 bits per heavy atom. The van der Waals surface area contributed by atoms with Crippen LogP contribution < -0.4 is 5.32 Å². The van der Waals surface area contributed by atoms with E-state index in [4.69, 9.17) is 9.72 Å². The highest BCUT2D eigenvalue weighted by Gasteiger charge is 2.26. The number of para-hydroxylation sites is 1. The van der Waals surface area contributed by atoms with Gasteiger partial charge in [-0.15, -0.1) is 0 Å². The van der Waals surface area contributed by atoms with Crippen molar-refractivity contribution in [2.45, 2.75) is 33.1 Å². The molecule has 0 aliphatic heterocycles. The van der Waals surface area contributed by atoms with Gasteiger partial charge in [0.1, 0.15) is 0 Å². The van der Waals surface area contributed by atoms with Crippen LogP contribution in [0, 0.1) is 5.92 Å². The standard InChI is InChI=1S/C25H24N2O4/c1-15-7-12-22-20(13-15)24(19-5-3-4-6-21(19)27-22)25(30)31-14-23(29)26-18-10-8-17(9-11-18)16(2)28/h3-6,8-11,15H,7,12-14H2,1-2H3,(H,26,29). The van der Waals surface area contributed by atoms with Gasteiger partial charge in [-0.05, 0) is 68.0 Å². The lowest BCUT2D eigenvalue weighted by Gasteiger charge is -2.24. The van der Waals surface area contributed by atoms with Gasteiger partial charge in [-0.3, -0.25) is 14.6 Å². The third-order valence-electron chi connectivity index (χ3n) is 5.62. The van der Waals surface area contributed by atoms with Crippen LogP contribution in [0.1, 0.15) is 52.2 Å². The third-order valence-corrected chi connectivity index (χ3v) is 5.62. The number of aryl methyl sites for hydroxylation is 1. The van der Waals surface area contributed by atoms with E-state index in [0.717, 1.165) is 41.4 Å². The molecule has 4 rings (SSSR count). The molecule has 2 aromatic carbocycles. The molecule has 6 nitrogen and oxygen atoms in total. The molecule has 1 amide bonds. The van der Waals surface area contributed by atoms with Crippen LogP contribution in [0.2, 0.25) is 0 Å². The molecule has 3 aromatic rings. The van der Waals surface area contributed by atoms with Gasteiger partial charge in [-0.25, -0.2) is 4.79 Å². The minimum Gasteiger partial charge on any atom is -0.452 e. The Balaban J connectivity index is 1.51. The molecule has 1 unspecified atom stereocenters. The Hall–Kier alpha value is -3.54. The van der Waals surface area contributed by atoms with Gasteiger partial charge in [0.25, 0.3) is 5.91 Å². The average molecular weight is 416 g/mol. The number of ketones is 1. The van der Waals surface area contributed by atoms with Crippen LogP contribution in [0.5, 0.6) is 0 Å². The summed E-state index contributed by atoms with van der Waals surface area (Å²) in [5.74, 6) is -0.534. The normalized spacial score (nSPS) is 15.2. The Bertz CT molecular complexity index is 1170. The van der Waals surface area contributed by atoms with Crippen molar-refractivity contribution in [3.63, 3.8) is 0 Å². The molecule has 1 heterocycles. The van der Waals surface area contributed by atoms with E-state index in [1.54, 1.807) is 24.3 Å². The third kappa shape index (κ3) is 4.48. The maximum atomic E-state index is 13.0. The van der Waals surface area contributed by atoms with Crippen molar-refractivity contribution in [1.82, 2.24) is 4.98 Å². The topological polar surface area (TPSA) is 85.4 Å². The minimum absolute atomic E-state index is 0.0472. The van der Waals surface area contributed by atoms with Crippen LogP contribution in [-0.2, 0) is 22.4 Å². The number of ether oxygens (including phenoxy) is 1. The first-order valence-electron chi connectivity index (χ1n) is 10.4. The number of rotatable bonds is 5. The average Bonchev–Trinajstić information content (AvgIpc) is 2.76. The van der Waals surface area contributed by atoms with Gasteiger partial charge in [0.15, 0.2) is 12.4 Å². The SMILES string of the molecule is CC(=O)c1ccc(NC(=O)COC(=O)c2c3c(nc4ccccc24)CCC(C)C3)cc1. The predicted molar refractivity (Wildman–Crippen MR) is 118 cm³/mol. The van der Waals surface area contributed by atoms with E-state index in [2.05, 4.69) is 12.2 Å². The van der Waals surface area contributed by atoms with Gasteiger partial charge in [0, 0.05) is 22.3 Å². The summed E-state index contributed by atoms with van der Waals surface area (Å²) < 4.78 is 5.40. The molecule has 1 aliphatic carbocycles. The Morgan fingerprint density at radius 1 is 1.10 bits per heavy atom. The van der Waals surface area contributed by atoms with E-state index < -0.39 is 18.5 Å². The number of anilines is 1. The number of hydrogen-bond acceptors (Lipinski definition) is 5. The second-order valence-corrected chi connectivity index (χ2v) is 8.04. The van der Waals surface area contributed by atoms with Crippen molar-refractivity contribution in [3.05, 3.63) is 70.9 Å². The number of aromatic nitrogens is 1. The maximum Gasteiger partial charge on any atom is 0.339 e. The van der Waals surface area contributed by atoms with Crippen LogP contribution >= 0.6 is 0 Å².